The fraction of sp³-hybridized carbons (Fsp3) is 0.357. The molecule has 0 saturated heterocycles. The molecule has 2 heterocycles. The van der Waals surface area contributed by atoms with Gasteiger partial charge in [-0.1, -0.05) is 0 Å². The van der Waals surface area contributed by atoms with Gasteiger partial charge in [-0.25, -0.2) is 4.98 Å². The van der Waals surface area contributed by atoms with Crippen molar-refractivity contribution in [2.75, 3.05) is 19.8 Å². The van der Waals surface area contributed by atoms with Crippen LogP contribution in [0.1, 0.15) is 11.3 Å². The lowest BCUT2D eigenvalue weighted by atomic mass is 10.1. The highest BCUT2D eigenvalue weighted by atomic mass is 32.1. The van der Waals surface area contributed by atoms with Crippen molar-refractivity contribution in [3.05, 3.63) is 28.8 Å². The Morgan fingerprint density at radius 1 is 1.26 bits per heavy atom. The monoisotopic (exact) mass is 276 g/mol. The highest BCUT2D eigenvalue weighted by Gasteiger charge is 2.16. The van der Waals surface area contributed by atoms with Crippen LogP contribution in [0.5, 0.6) is 11.5 Å². The molecule has 0 aliphatic carbocycles. The number of nitrogens with two attached hydrogens (primary N) is 1. The van der Waals surface area contributed by atoms with Crippen LogP contribution in [0.4, 0.5) is 0 Å². The zero-order valence-corrected chi connectivity index (χ0v) is 11.6. The van der Waals surface area contributed by atoms with Gasteiger partial charge in [0.2, 0.25) is 0 Å². The predicted octanol–water partition coefficient (Wildman–Crippen LogP) is 2.39. The third-order valence-corrected chi connectivity index (χ3v) is 4.00. The van der Waals surface area contributed by atoms with Gasteiger partial charge in [0, 0.05) is 17.4 Å². The summed E-state index contributed by atoms with van der Waals surface area (Å²) < 4.78 is 11.2. The molecule has 1 aromatic heterocycles. The number of thiazole rings is 1. The highest BCUT2D eigenvalue weighted by Crippen LogP contribution is 2.38. The van der Waals surface area contributed by atoms with Crippen molar-refractivity contribution >= 4 is 11.3 Å². The molecule has 0 unspecified atom stereocenters. The van der Waals surface area contributed by atoms with Crippen LogP contribution >= 0.6 is 11.3 Å². The molecule has 0 amide bonds. The van der Waals surface area contributed by atoms with Crippen molar-refractivity contribution in [2.45, 2.75) is 13.3 Å². The lowest BCUT2D eigenvalue weighted by molar-refractivity contribution is 0.171. The van der Waals surface area contributed by atoms with Gasteiger partial charge in [-0.3, -0.25) is 0 Å². The van der Waals surface area contributed by atoms with E-state index in [4.69, 9.17) is 15.2 Å². The third-order valence-electron chi connectivity index (χ3n) is 3.07. The second-order valence-corrected chi connectivity index (χ2v) is 5.35. The first-order valence-electron chi connectivity index (χ1n) is 6.33. The van der Waals surface area contributed by atoms with Crippen molar-refractivity contribution in [3.8, 4) is 22.1 Å². The smallest absolute Gasteiger partial charge is 0.162 e. The average Bonchev–Trinajstić information content (AvgIpc) is 2.87. The Morgan fingerprint density at radius 2 is 2.00 bits per heavy atom. The van der Waals surface area contributed by atoms with Gasteiger partial charge in [-0.05, 0) is 31.2 Å². The molecule has 0 radical (unpaired) electrons. The molecule has 4 nitrogen and oxygen atoms in total. The Morgan fingerprint density at radius 3 is 2.74 bits per heavy atom. The summed E-state index contributed by atoms with van der Waals surface area (Å²) in [7, 11) is 0. The summed E-state index contributed by atoms with van der Waals surface area (Å²) in [6.07, 6.45) is 0.820. The predicted molar refractivity (Wildman–Crippen MR) is 76.0 cm³/mol. The Balaban J connectivity index is 1.99. The van der Waals surface area contributed by atoms with Gasteiger partial charge in [0.05, 0.1) is 5.69 Å². The Hall–Kier alpha value is -1.59. The molecule has 0 spiro atoms. The van der Waals surface area contributed by atoms with Crippen LogP contribution in [0.3, 0.4) is 0 Å². The van der Waals surface area contributed by atoms with Gasteiger partial charge >= 0.3 is 0 Å². The lowest BCUT2D eigenvalue weighted by Gasteiger charge is -2.19. The zero-order chi connectivity index (χ0) is 13.2. The number of ether oxygens (including phenoxy) is 2. The second-order valence-electron chi connectivity index (χ2n) is 4.49. The van der Waals surface area contributed by atoms with E-state index in [2.05, 4.69) is 17.3 Å². The molecule has 1 aliphatic heterocycles. The van der Waals surface area contributed by atoms with E-state index in [1.807, 2.05) is 12.1 Å². The Labute approximate surface area is 116 Å². The van der Waals surface area contributed by atoms with Gasteiger partial charge in [0.25, 0.3) is 0 Å². The van der Waals surface area contributed by atoms with Gasteiger partial charge in [-0.15, -0.1) is 11.3 Å². The molecule has 1 aliphatic rings. The molecule has 0 atom stereocenters. The van der Waals surface area contributed by atoms with E-state index >= 15 is 0 Å². The first kappa shape index (κ1) is 12.4. The molecule has 2 N–H and O–H groups in total. The molecule has 3 rings (SSSR count). The van der Waals surface area contributed by atoms with E-state index in [1.54, 1.807) is 11.3 Å². The summed E-state index contributed by atoms with van der Waals surface area (Å²) >= 11 is 1.64. The SMILES string of the molecule is Cc1cc2c(cc1-c1nc(CCN)cs1)OCCO2. The molecule has 0 saturated carbocycles. The summed E-state index contributed by atoms with van der Waals surface area (Å²) in [5, 5.41) is 3.08. The second kappa shape index (κ2) is 5.19. The van der Waals surface area contributed by atoms with Crippen LogP contribution in [-0.4, -0.2) is 24.7 Å². The number of rotatable bonds is 3. The Kier molecular flexibility index (Phi) is 3.40. The van der Waals surface area contributed by atoms with Gasteiger partial charge in [-0.2, -0.15) is 0 Å². The van der Waals surface area contributed by atoms with Crippen molar-refractivity contribution in [1.29, 1.82) is 0 Å². The number of aryl methyl sites for hydroxylation is 1. The Bertz CT molecular complexity index is 595. The fourth-order valence-corrected chi connectivity index (χ4v) is 3.05. The van der Waals surface area contributed by atoms with Crippen LogP contribution in [0.15, 0.2) is 17.5 Å². The summed E-state index contributed by atoms with van der Waals surface area (Å²) in [4.78, 5) is 4.62. The normalized spacial score (nSPS) is 13.6. The molecule has 100 valence electrons. The summed E-state index contributed by atoms with van der Waals surface area (Å²) in [6, 6.07) is 4.04. The maximum absolute atomic E-state index is 5.63. The lowest BCUT2D eigenvalue weighted by Crippen LogP contribution is -2.15. The highest BCUT2D eigenvalue weighted by molar-refractivity contribution is 7.13. The average molecular weight is 276 g/mol. The van der Waals surface area contributed by atoms with E-state index in [9.17, 15) is 0 Å². The molecule has 0 fully saturated rings. The van der Waals surface area contributed by atoms with Crippen molar-refractivity contribution < 1.29 is 9.47 Å². The number of aromatic nitrogens is 1. The number of fused-ring (bicyclic) bond motifs is 1. The van der Waals surface area contributed by atoms with Crippen LogP contribution in [-0.2, 0) is 6.42 Å². The molecule has 19 heavy (non-hydrogen) atoms. The van der Waals surface area contributed by atoms with Crippen LogP contribution in [0, 0.1) is 6.92 Å². The number of benzene rings is 1. The summed E-state index contributed by atoms with van der Waals surface area (Å²) in [6.45, 7) is 3.91. The maximum Gasteiger partial charge on any atom is 0.162 e. The fourth-order valence-electron chi connectivity index (χ4n) is 2.11. The quantitative estimate of drug-likeness (QED) is 0.935. The van der Waals surface area contributed by atoms with Gasteiger partial charge < -0.3 is 15.2 Å². The standard InChI is InChI=1S/C14H16N2O2S/c1-9-6-12-13(18-5-4-17-12)7-11(9)14-16-10(2-3-15)8-19-14/h6-8H,2-5,15H2,1H3. The van der Waals surface area contributed by atoms with Crippen LogP contribution in [0.25, 0.3) is 10.6 Å². The van der Waals surface area contributed by atoms with Gasteiger partial charge in [0.15, 0.2) is 11.5 Å². The van der Waals surface area contributed by atoms with E-state index in [0.717, 1.165) is 39.7 Å². The minimum atomic E-state index is 0.603. The topological polar surface area (TPSA) is 57.4 Å². The molecule has 1 aromatic carbocycles. The van der Waals surface area contributed by atoms with Crippen molar-refractivity contribution in [1.82, 2.24) is 4.98 Å². The molecule has 5 heteroatoms. The molecular weight excluding hydrogens is 260 g/mol. The van der Waals surface area contributed by atoms with E-state index in [-0.39, 0.29) is 0 Å². The summed E-state index contributed by atoms with van der Waals surface area (Å²) in [5.41, 5.74) is 8.87. The summed E-state index contributed by atoms with van der Waals surface area (Å²) in [5.74, 6) is 1.63. The molecule has 0 bridgehead atoms. The zero-order valence-electron chi connectivity index (χ0n) is 10.8. The molecular formula is C14H16N2O2S. The maximum atomic E-state index is 5.63. The largest absolute Gasteiger partial charge is 0.486 e. The van der Waals surface area contributed by atoms with Crippen LogP contribution in [0.2, 0.25) is 0 Å². The van der Waals surface area contributed by atoms with Gasteiger partial charge in [0.1, 0.15) is 18.2 Å². The minimum absolute atomic E-state index is 0.603. The number of hydrogen-bond acceptors (Lipinski definition) is 5. The van der Waals surface area contributed by atoms with Crippen molar-refractivity contribution in [3.63, 3.8) is 0 Å². The first-order valence-corrected chi connectivity index (χ1v) is 7.21. The third kappa shape index (κ3) is 2.43. The van der Waals surface area contributed by atoms with E-state index in [0.29, 0.717) is 19.8 Å². The number of nitrogens with zero attached hydrogens (tertiary/aromatic N) is 1. The van der Waals surface area contributed by atoms with E-state index < -0.39 is 0 Å². The van der Waals surface area contributed by atoms with Crippen molar-refractivity contribution in [2.24, 2.45) is 5.73 Å². The molecule has 2 aromatic rings. The van der Waals surface area contributed by atoms with Crippen LogP contribution < -0.4 is 15.2 Å². The minimum Gasteiger partial charge on any atom is -0.486 e. The number of hydrogen-bond donors (Lipinski definition) is 1. The first-order chi connectivity index (χ1) is 9.28. The van der Waals surface area contributed by atoms with E-state index in [1.165, 1.54) is 0 Å².